The Bertz CT molecular complexity index is 160. The van der Waals surface area contributed by atoms with Gasteiger partial charge in [-0.3, -0.25) is 0 Å². The largest absolute Gasteiger partial charge is 0.396 e. The van der Waals surface area contributed by atoms with Gasteiger partial charge in [0.1, 0.15) is 0 Å². The van der Waals surface area contributed by atoms with Crippen molar-refractivity contribution in [2.75, 3.05) is 13.2 Å². The molecule has 0 fully saturated rings. The van der Waals surface area contributed by atoms with Gasteiger partial charge in [-0.1, -0.05) is 54.4 Å². The van der Waals surface area contributed by atoms with E-state index in [9.17, 15) is 0 Å². The summed E-state index contributed by atoms with van der Waals surface area (Å²) in [6.07, 6.45) is 3.81. The molecule has 0 amide bonds. The average Bonchev–Trinajstić information content (AvgIpc) is 2.25. The molecule has 0 saturated heterocycles. The number of rotatable bonds is 10. The Labute approximate surface area is 110 Å². The smallest absolute Gasteiger partial charge is 0.324 e. The molecule has 1 atom stereocenters. The highest BCUT2D eigenvalue weighted by atomic mass is 28.3. The Morgan fingerprint density at radius 3 is 1.71 bits per heavy atom. The topological polar surface area (TPSA) is 18.5 Å². The van der Waals surface area contributed by atoms with Crippen molar-refractivity contribution in [1.82, 2.24) is 0 Å². The van der Waals surface area contributed by atoms with Gasteiger partial charge in [-0.2, -0.15) is 0 Å². The van der Waals surface area contributed by atoms with Crippen LogP contribution in [0, 0.1) is 11.8 Å². The molecule has 0 heterocycles. The zero-order valence-electron chi connectivity index (χ0n) is 12.7. The second kappa shape index (κ2) is 10.1. The second-order valence-corrected chi connectivity index (χ2v) is 8.48. The molecule has 0 radical (unpaired) electrons. The van der Waals surface area contributed by atoms with Crippen LogP contribution in [0.4, 0.5) is 0 Å². The molecule has 0 saturated carbocycles. The molecule has 0 aromatic rings. The van der Waals surface area contributed by atoms with Crippen LogP contribution in [0.2, 0.25) is 5.54 Å². The molecule has 2 nitrogen and oxygen atoms in total. The Balaban J connectivity index is 4.07. The summed E-state index contributed by atoms with van der Waals surface area (Å²) in [5.74, 6) is 1.21. The van der Waals surface area contributed by atoms with Gasteiger partial charge in [0, 0.05) is 13.2 Å². The van der Waals surface area contributed by atoms with Gasteiger partial charge < -0.3 is 8.85 Å². The summed E-state index contributed by atoms with van der Waals surface area (Å²) in [5.41, 5.74) is 0.632. The van der Waals surface area contributed by atoms with E-state index in [1.807, 2.05) is 0 Å². The van der Waals surface area contributed by atoms with Gasteiger partial charge in [0.05, 0.1) is 0 Å². The van der Waals surface area contributed by atoms with Crippen molar-refractivity contribution in [1.29, 1.82) is 0 Å². The fourth-order valence-corrected chi connectivity index (χ4v) is 4.02. The van der Waals surface area contributed by atoms with Gasteiger partial charge in [0.15, 0.2) is 0 Å². The zero-order chi connectivity index (χ0) is 13.3. The van der Waals surface area contributed by atoms with E-state index < -0.39 is 9.28 Å². The van der Waals surface area contributed by atoms with Crippen molar-refractivity contribution < 1.29 is 8.85 Å². The molecular formula is C14H32O2Si. The molecule has 0 rings (SSSR count). The van der Waals surface area contributed by atoms with Gasteiger partial charge in [-0.25, -0.2) is 0 Å². The molecule has 104 valence electrons. The van der Waals surface area contributed by atoms with Crippen LogP contribution < -0.4 is 0 Å². The summed E-state index contributed by atoms with van der Waals surface area (Å²) in [4.78, 5) is 0. The molecule has 1 unspecified atom stereocenters. The third kappa shape index (κ3) is 9.80. The minimum absolute atomic E-state index is 0.603. The maximum absolute atomic E-state index is 6.03. The quantitative estimate of drug-likeness (QED) is 0.550. The third-order valence-electron chi connectivity index (χ3n) is 2.67. The monoisotopic (exact) mass is 260 g/mol. The molecular weight excluding hydrogens is 228 g/mol. The van der Waals surface area contributed by atoms with Crippen molar-refractivity contribution in [3.63, 3.8) is 0 Å². The van der Waals surface area contributed by atoms with E-state index in [1.165, 1.54) is 19.3 Å². The van der Waals surface area contributed by atoms with Gasteiger partial charge >= 0.3 is 9.28 Å². The van der Waals surface area contributed by atoms with Crippen molar-refractivity contribution in [2.45, 2.75) is 66.3 Å². The van der Waals surface area contributed by atoms with Gasteiger partial charge in [0.25, 0.3) is 0 Å². The Hall–Kier alpha value is 0.137. The normalized spacial score (nSPS) is 13.9. The van der Waals surface area contributed by atoms with Crippen LogP contribution in [0.1, 0.15) is 60.8 Å². The highest BCUT2D eigenvalue weighted by Crippen LogP contribution is 2.20. The minimum atomic E-state index is -1.47. The van der Waals surface area contributed by atoms with Crippen LogP contribution >= 0.6 is 0 Å². The predicted molar refractivity (Wildman–Crippen MR) is 77.7 cm³/mol. The molecule has 0 aliphatic heterocycles. The SMILES string of the molecule is CCCCC(C)[SiH](OCC(C)C)OCC(C)C. The van der Waals surface area contributed by atoms with Crippen molar-refractivity contribution in [3.8, 4) is 0 Å². The van der Waals surface area contributed by atoms with E-state index in [0.717, 1.165) is 13.2 Å². The molecule has 0 spiro atoms. The van der Waals surface area contributed by atoms with Crippen LogP contribution in [-0.4, -0.2) is 22.5 Å². The van der Waals surface area contributed by atoms with E-state index in [-0.39, 0.29) is 0 Å². The third-order valence-corrected chi connectivity index (χ3v) is 4.97. The van der Waals surface area contributed by atoms with Gasteiger partial charge in [0.2, 0.25) is 0 Å². The number of unbranched alkanes of at least 4 members (excludes halogenated alkanes) is 1. The summed E-state index contributed by atoms with van der Waals surface area (Å²) in [6, 6.07) is 0. The molecule has 3 heteroatoms. The van der Waals surface area contributed by atoms with E-state index in [4.69, 9.17) is 8.85 Å². The molecule has 0 N–H and O–H groups in total. The second-order valence-electron chi connectivity index (χ2n) is 5.94. The van der Waals surface area contributed by atoms with Crippen LogP contribution in [0.3, 0.4) is 0 Å². The van der Waals surface area contributed by atoms with Crippen molar-refractivity contribution in [3.05, 3.63) is 0 Å². The lowest BCUT2D eigenvalue weighted by molar-refractivity contribution is 0.155. The first-order valence-corrected chi connectivity index (χ1v) is 8.81. The maximum Gasteiger partial charge on any atom is 0.324 e. The van der Waals surface area contributed by atoms with E-state index in [0.29, 0.717) is 17.4 Å². The highest BCUT2D eigenvalue weighted by molar-refractivity contribution is 6.46. The first-order valence-electron chi connectivity index (χ1n) is 7.20. The molecule has 0 aromatic heterocycles. The first-order chi connectivity index (χ1) is 7.97. The maximum atomic E-state index is 6.03. The summed E-state index contributed by atoms with van der Waals surface area (Å²) in [5, 5.41) is 0. The van der Waals surface area contributed by atoms with Gasteiger partial charge in [-0.15, -0.1) is 0 Å². The standard InChI is InChI=1S/C14H32O2Si/c1-7-8-9-14(6)17(15-10-12(2)3)16-11-13(4)5/h12-14,17H,7-11H2,1-6H3. The lowest BCUT2D eigenvalue weighted by atomic mass is 10.2. The fourth-order valence-electron chi connectivity index (χ4n) is 1.61. The molecule has 0 aromatic carbocycles. The lowest BCUT2D eigenvalue weighted by Crippen LogP contribution is -2.30. The number of hydrogen-bond donors (Lipinski definition) is 0. The van der Waals surface area contributed by atoms with Crippen LogP contribution in [0.15, 0.2) is 0 Å². The summed E-state index contributed by atoms with van der Waals surface area (Å²) in [7, 11) is -1.47. The zero-order valence-corrected chi connectivity index (χ0v) is 13.8. The van der Waals surface area contributed by atoms with Crippen molar-refractivity contribution in [2.24, 2.45) is 11.8 Å². The molecule has 0 aliphatic rings. The summed E-state index contributed by atoms with van der Waals surface area (Å²) in [6.45, 7) is 15.0. The lowest BCUT2D eigenvalue weighted by Gasteiger charge is -2.24. The Kier molecular flexibility index (Phi) is 10.2. The number of hydrogen-bond acceptors (Lipinski definition) is 2. The van der Waals surface area contributed by atoms with Crippen LogP contribution in [0.5, 0.6) is 0 Å². The molecule has 17 heavy (non-hydrogen) atoms. The average molecular weight is 260 g/mol. The van der Waals surface area contributed by atoms with Crippen molar-refractivity contribution >= 4 is 9.28 Å². The Morgan fingerprint density at radius 2 is 1.35 bits per heavy atom. The van der Waals surface area contributed by atoms with Crippen LogP contribution in [-0.2, 0) is 8.85 Å². The van der Waals surface area contributed by atoms with Gasteiger partial charge in [-0.05, 0) is 23.8 Å². The summed E-state index contributed by atoms with van der Waals surface area (Å²) < 4.78 is 12.1. The summed E-state index contributed by atoms with van der Waals surface area (Å²) >= 11 is 0. The van der Waals surface area contributed by atoms with E-state index >= 15 is 0 Å². The van der Waals surface area contributed by atoms with E-state index in [1.54, 1.807) is 0 Å². The van der Waals surface area contributed by atoms with E-state index in [2.05, 4.69) is 41.5 Å². The van der Waals surface area contributed by atoms with Crippen LogP contribution in [0.25, 0.3) is 0 Å². The Morgan fingerprint density at radius 1 is 0.882 bits per heavy atom. The fraction of sp³-hybridized carbons (Fsp3) is 1.00. The molecule has 0 aliphatic carbocycles. The minimum Gasteiger partial charge on any atom is -0.396 e. The highest BCUT2D eigenvalue weighted by Gasteiger charge is 2.22. The molecule has 0 bridgehead atoms. The first kappa shape index (κ1) is 17.1. The predicted octanol–water partition coefficient (Wildman–Crippen LogP) is 4.13.